The molecule has 1 aromatic carbocycles. The Hall–Kier alpha value is -1.06. The fourth-order valence-electron chi connectivity index (χ4n) is 3.20. The maximum Gasteiger partial charge on any atom is 0.0412 e. The third-order valence-corrected chi connectivity index (χ3v) is 4.14. The molecule has 2 saturated heterocycles. The van der Waals surface area contributed by atoms with Crippen LogP contribution in [0.4, 0.5) is 5.69 Å². The van der Waals surface area contributed by atoms with Crippen LogP contribution < -0.4 is 10.6 Å². The minimum Gasteiger partial charge on any atom is -0.368 e. The number of anilines is 1. The molecule has 1 aromatic rings. The summed E-state index contributed by atoms with van der Waals surface area (Å²) in [7, 11) is 0. The highest BCUT2D eigenvalue weighted by Gasteiger charge is 2.30. The van der Waals surface area contributed by atoms with E-state index in [1.807, 2.05) is 0 Å². The Morgan fingerprint density at radius 2 is 2.06 bits per heavy atom. The van der Waals surface area contributed by atoms with E-state index in [0.717, 1.165) is 12.6 Å². The molecule has 2 aliphatic rings. The van der Waals surface area contributed by atoms with E-state index < -0.39 is 0 Å². The first-order valence-electron chi connectivity index (χ1n) is 6.65. The Labute approximate surface area is 103 Å². The summed E-state index contributed by atoms with van der Waals surface area (Å²) in [4.78, 5) is 5.16. The van der Waals surface area contributed by atoms with Gasteiger partial charge < -0.3 is 10.6 Å². The van der Waals surface area contributed by atoms with Gasteiger partial charge in [-0.1, -0.05) is 18.2 Å². The molecule has 3 heteroatoms. The van der Waals surface area contributed by atoms with Gasteiger partial charge in [-0.3, -0.25) is 4.90 Å². The second kappa shape index (κ2) is 4.67. The topological polar surface area (TPSA) is 32.5 Å². The van der Waals surface area contributed by atoms with E-state index in [2.05, 4.69) is 34.1 Å². The van der Waals surface area contributed by atoms with Crippen molar-refractivity contribution < 1.29 is 0 Å². The van der Waals surface area contributed by atoms with Gasteiger partial charge in [0.15, 0.2) is 0 Å². The quantitative estimate of drug-likeness (QED) is 0.835. The fourth-order valence-corrected chi connectivity index (χ4v) is 3.20. The van der Waals surface area contributed by atoms with E-state index in [9.17, 15) is 0 Å². The van der Waals surface area contributed by atoms with Crippen LogP contribution in [0.5, 0.6) is 0 Å². The van der Waals surface area contributed by atoms with Gasteiger partial charge in [0.25, 0.3) is 0 Å². The smallest absolute Gasteiger partial charge is 0.0412 e. The lowest BCUT2D eigenvalue weighted by atomic mass is 10.1. The van der Waals surface area contributed by atoms with E-state index in [0.29, 0.717) is 6.54 Å². The first-order valence-corrected chi connectivity index (χ1v) is 6.65. The highest BCUT2D eigenvalue weighted by Crippen LogP contribution is 2.27. The molecular formula is C14H21N3. The molecule has 0 aromatic heterocycles. The predicted octanol–water partition coefficient (Wildman–Crippen LogP) is 1.43. The van der Waals surface area contributed by atoms with Gasteiger partial charge in [-0.15, -0.1) is 0 Å². The summed E-state index contributed by atoms with van der Waals surface area (Å²) in [6.07, 6.45) is 2.73. The molecule has 92 valence electrons. The summed E-state index contributed by atoms with van der Waals surface area (Å²) < 4.78 is 0. The maximum atomic E-state index is 5.83. The largest absolute Gasteiger partial charge is 0.368 e. The zero-order chi connectivity index (χ0) is 11.7. The Balaban J connectivity index is 1.80. The van der Waals surface area contributed by atoms with Crippen LogP contribution >= 0.6 is 0 Å². The number of hydrogen-bond acceptors (Lipinski definition) is 3. The molecule has 17 heavy (non-hydrogen) atoms. The van der Waals surface area contributed by atoms with E-state index >= 15 is 0 Å². The summed E-state index contributed by atoms with van der Waals surface area (Å²) in [6, 6.07) is 9.34. The number of piperazine rings is 1. The fraction of sp³-hybridized carbons (Fsp3) is 0.571. The molecule has 3 nitrogen and oxygen atoms in total. The van der Waals surface area contributed by atoms with Crippen molar-refractivity contribution in [3.8, 4) is 0 Å². The van der Waals surface area contributed by atoms with Gasteiger partial charge in [-0.05, 0) is 31.0 Å². The number of rotatable bonds is 2. The van der Waals surface area contributed by atoms with Gasteiger partial charge in [0.2, 0.25) is 0 Å². The third-order valence-electron chi connectivity index (χ3n) is 4.14. The van der Waals surface area contributed by atoms with Crippen LogP contribution in [0.3, 0.4) is 0 Å². The highest BCUT2D eigenvalue weighted by atomic mass is 15.3. The molecule has 0 unspecified atom stereocenters. The standard InChI is InChI=1S/C14H21N3/c15-10-12-4-1-2-6-14(12)17-9-8-16-7-3-5-13(16)11-17/h1-2,4,6,13H,3,5,7-11,15H2/t13-/m1/s1. The van der Waals surface area contributed by atoms with Crippen LogP contribution in [0.1, 0.15) is 18.4 Å². The molecule has 0 bridgehead atoms. The maximum absolute atomic E-state index is 5.83. The molecule has 0 radical (unpaired) electrons. The Morgan fingerprint density at radius 3 is 2.94 bits per heavy atom. The van der Waals surface area contributed by atoms with Crippen LogP contribution in [0.15, 0.2) is 24.3 Å². The van der Waals surface area contributed by atoms with Crippen molar-refractivity contribution in [3.63, 3.8) is 0 Å². The number of benzene rings is 1. The molecular weight excluding hydrogens is 210 g/mol. The van der Waals surface area contributed by atoms with E-state index in [-0.39, 0.29) is 0 Å². The molecule has 2 aliphatic heterocycles. The van der Waals surface area contributed by atoms with Crippen molar-refractivity contribution in [2.45, 2.75) is 25.4 Å². The normalized spacial score (nSPS) is 25.0. The van der Waals surface area contributed by atoms with E-state index in [1.165, 1.54) is 43.7 Å². The molecule has 0 saturated carbocycles. The molecule has 0 aliphatic carbocycles. The van der Waals surface area contributed by atoms with Crippen molar-refractivity contribution in [1.29, 1.82) is 0 Å². The summed E-state index contributed by atoms with van der Waals surface area (Å²) in [6.45, 7) is 5.48. The average Bonchev–Trinajstić information content (AvgIpc) is 2.85. The first kappa shape index (κ1) is 11.1. The SMILES string of the molecule is NCc1ccccc1N1CCN2CCC[C@@H]2C1. The summed E-state index contributed by atoms with van der Waals surface area (Å²) in [5.41, 5.74) is 8.45. The van der Waals surface area contributed by atoms with Crippen molar-refractivity contribution in [1.82, 2.24) is 4.90 Å². The zero-order valence-electron chi connectivity index (χ0n) is 10.3. The average molecular weight is 231 g/mol. The zero-order valence-corrected chi connectivity index (χ0v) is 10.3. The van der Waals surface area contributed by atoms with Gasteiger partial charge >= 0.3 is 0 Å². The van der Waals surface area contributed by atoms with E-state index in [1.54, 1.807) is 0 Å². The summed E-state index contributed by atoms with van der Waals surface area (Å²) in [5.74, 6) is 0. The molecule has 0 spiro atoms. The molecule has 2 heterocycles. The van der Waals surface area contributed by atoms with Crippen LogP contribution in [0, 0.1) is 0 Å². The summed E-state index contributed by atoms with van der Waals surface area (Å²) >= 11 is 0. The molecule has 1 atom stereocenters. The number of nitrogens with two attached hydrogens (primary N) is 1. The minimum atomic E-state index is 0.640. The molecule has 3 rings (SSSR count). The monoisotopic (exact) mass is 231 g/mol. The molecule has 2 N–H and O–H groups in total. The Bertz CT molecular complexity index is 391. The third kappa shape index (κ3) is 2.05. The van der Waals surface area contributed by atoms with Crippen molar-refractivity contribution in [2.75, 3.05) is 31.1 Å². The van der Waals surface area contributed by atoms with E-state index in [4.69, 9.17) is 5.73 Å². The van der Waals surface area contributed by atoms with Crippen molar-refractivity contribution >= 4 is 5.69 Å². The Kier molecular flexibility index (Phi) is 3.04. The van der Waals surface area contributed by atoms with Crippen LogP contribution in [-0.4, -0.2) is 37.1 Å². The Morgan fingerprint density at radius 1 is 1.18 bits per heavy atom. The number of hydrogen-bond donors (Lipinski definition) is 1. The van der Waals surface area contributed by atoms with Gasteiger partial charge in [-0.2, -0.15) is 0 Å². The van der Waals surface area contributed by atoms with Gasteiger partial charge in [-0.25, -0.2) is 0 Å². The van der Waals surface area contributed by atoms with Crippen LogP contribution in [0.25, 0.3) is 0 Å². The van der Waals surface area contributed by atoms with Crippen LogP contribution in [-0.2, 0) is 6.54 Å². The molecule has 2 fully saturated rings. The van der Waals surface area contributed by atoms with Crippen LogP contribution in [0.2, 0.25) is 0 Å². The molecule has 0 amide bonds. The van der Waals surface area contributed by atoms with Crippen molar-refractivity contribution in [2.24, 2.45) is 5.73 Å². The number of fused-ring (bicyclic) bond motifs is 1. The second-order valence-corrected chi connectivity index (χ2v) is 5.11. The lowest BCUT2D eigenvalue weighted by Crippen LogP contribution is -2.50. The summed E-state index contributed by atoms with van der Waals surface area (Å²) in [5, 5.41) is 0. The lowest BCUT2D eigenvalue weighted by Gasteiger charge is -2.39. The second-order valence-electron chi connectivity index (χ2n) is 5.11. The van der Waals surface area contributed by atoms with Gasteiger partial charge in [0.1, 0.15) is 0 Å². The van der Waals surface area contributed by atoms with Gasteiger partial charge in [0.05, 0.1) is 0 Å². The number of para-hydroxylation sites is 1. The lowest BCUT2D eigenvalue weighted by molar-refractivity contribution is 0.231. The minimum absolute atomic E-state index is 0.640. The predicted molar refractivity (Wildman–Crippen MR) is 71.1 cm³/mol. The van der Waals surface area contributed by atoms with Gasteiger partial charge in [0, 0.05) is 37.9 Å². The highest BCUT2D eigenvalue weighted by molar-refractivity contribution is 5.54. The van der Waals surface area contributed by atoms with Crippen molar-refractivity contribution in [3.05, 3.63) is 29.8 Å². The number of nitrogens with zero attached hydrogens (tertiary/aromatic N) is 2. The first-order chi connectivity index (χ1) is 8.38.